The summed E-state index contributed by atoms with van der Waals surface area (Å²) in [5.41, 5.74) is 3.18. The summed E-state index contributed by atoms with van der Waals surface area (Å²) < 4.78 is 0. The van der Waals surface area contributed by atoms with Crippen LogP contribution in [0.2, 0.25) is 0 Å². The van der Waals surface area contributed by atoms with Gasteiger partial charge in [0.05, 0.1) is 12.2 Å². The maximum absolute atomic E-state index is 11.1. The van der Waals surface area contributed by atoms with Crippen molar-refractivity contribution in [3.63, 3.8) is 0 Å². The van der Waals surface area contributed by atoms with Gasteiger partial charge in [0.15, 0.2) is 0 Å². The second-order valence-electron chi connectivity index (χ2n) is 11.8. The summed E-state index contributed by atoms with van der Waals surface area (Å²) in [6.45, 7) is 11.9. The lowest BCUT2D eigenvalue weighted by Crippen LogP contribution is -2.55. The number of hydrogen-bond acceptors (Lipinski definition) is 2. The van der Waals surface area contributed by atoms with E-state index in [0.29, 0.717) is 17.8 Å². The van der Waals surface area contributed by atoms with E-state index in [0.717, 1.165) is 30.1 Å². The van der Waals surface area contributed by atoms with Crippen LogP contribution in [-0.2, 0) is 0 Å². The van der Waals surface area contributed by atoms with Crippen molar-refractivity contribution in [3.05, 3.63) is 23.3 Å². The Kier molecular flexibility index (Phi) is 5.84. The van der Waals surface area contributed by atoms with Crippen LogP contribution in [0.15, 0.2) is 23.3 Å². The molecule has 29 heavy (non-hydrogen) atoms. The summed E-state index contributed by atoms with van der Waals surface area (Å²) in [6, 6.07) is 0. The Morgan fingerprint density at radius 3 is 2.66 bits per heavy atom. The summed E-state index contributed by atoms with van der Waals surface area (Å²) in [5.74, 6) is 3.80. The number of rotatable bonds is 4. The first-order valence-electron chi connectivity index (χ1n) is 12.4. The van der Waals surface area contributed by atoms with Gasteiger partial charge in [-0.2, -0.15) is 0 Å². The molecule has 0 aliphatic heterocycles. The van der Waals surface area contributed by atoms with Gasteiger partial charge in [0, 0.05) is 11.8 Å². The molecule has 0 aromatic rings. The predicted molar refractivity (Wildman–Crippen MR) is 120 cm³/mol. The van der Waals surface area contributed by atoms with Crippen molar-refractivity contribution in [1.82, 2.24) is 0 Å². The maximum atomic E-state index is 11.1. The molecular formula is C27H44O2. The smallest absolute Gasteiger partial charge is 0.0658 e. The molecule has 9 atom stereocenters. The SMILES string of the molecule is CC(C)=CCC[C@@H](C)[C@H]1CC[C@H]2[C@@H]3CC=C4C[C@@H](O)C[C@@H](O)[C@]4(C)[C@H]3CC[C@]12C. The monoisotopic (exact) mass is 400 g/mol. The normalized spacial score (nSPS) is 47.5. The topological polar surface area (TPSA) is 40.5 Å². The van der Waals surface area contributed by atoms with Crippen molar-refractivity contribution in [2.24, 2.45) is 40.4 Å². The van der Waals surface area contributed by atoms with Gasteiger partial charge >= 0.3 is 0 Å². The minimum absolute atomic E-state index is 0.101. The Balaban J connectivity index is 1.54. The van der Waals surface area contributed by atoms with Crippen molar-refractivity contribution in [2.45, 2.75) is 105 Å². The van der Waals surface area contributed by atoms with Gasteiger partial charge in [-0.1, -0.05) is 44.1 Å². The van der Waals surface area contributed by atoms with Crippen LogP contribution < -0.4 is 0 Å². The molecule has 4 rings (SSSR count). The highest BCUT2D eigenvalue weighted by atomic mass is 16.3. The second kappa shape index (κ2) is 7.83. The molecule has 0 aromatic heterocycles. The molecule has 2 N–H and O–H groups in total. The molecule has 0 bridgehead atoms. The Morgan fingerprint density at radius 2 is 1.93 bits per heavy atom. The Labute approximate surface area is 178 Å². The quantitative estimate of drug-likeness (QED) is 0.545. The van der Waals surface area contributed by atoms with Crippen molar-refractivity contribution >= 4 is 0 Å². The van der Waals surface area contributed by atoms with E-state index in [2.05, 4.69) is 46.8 Å². The fraction of sp³-hybridized carbons (Fsp3) is 0.852. The molecule has 0 heterocycles. The molecule has 2 heteroatoms. The zero-order valence-corrected chi connectivity index (χ0v) is 19.5. The van der Waals surface area contributed by atoms with Crippen LogP contribution in [0.5, 0.6) is 0 Å². The second-order valence-corrected chi connectivity index (χ2v) is 11.8. The number of aliphatic hydroxyl groups excluding tert-OH is 2. The van der Waals surface area contributed by atoms with Crippen molar-refractivity contribution < 1.29 is 10.2 Å². The van der Waals surface area contributed by atoms with Crippen LogP contribution in [0.3, 0.4) is 0 Å². The fourth-order valence-corrected chi connectivity index (χ4v) is 8.51. The van der Waals surface area contributed by atoms with Gasteiger partial charge in [-0.05, 0) is 100 Å². The van der Waals surface area contributed by atoms with Crippen molar-refractivity contribution in [2.75, 3.05) is 0 Å². The minimum Gasteiger partial charge on any atom is -0.393 e. The zero-order chi connectivity index (χ0) is 21.0. The summed E-state index contributed by atoms with van der Waals surface area (Å²) in [6.07, 6.45) is 14.5. The lowest BCUT2D eigenvalue weighted by atomic mass is 9.46. The number of allylic oxidation sites excluding steroid dienone is 3. The van der Waals surface area contributed by atoms with Crippen LogP contribution in [0.1, 0.15) is 92.4 Å². The van der Waals surface area contributed by atoms with E-state index < -0.39 is 0 Å². The highest BCUT2D eigenvalue weighted by molar-refractivity contribution is 5.27. The van der Waals surface area contributed by atoms with Gasteiger partial charge in [0.25, 0.3) is 0 Å². The molecule has 4 aliphatic carbocycles. The standard InChI is InChI=1S/C27H44O2/c1-17(2)7-6-8-18(3)22-11-12-23-21-10-9-19-15-20(28)16-25(29)27(19,5)24(21)13-14-26(22,23)4/h7,9,18,20-25,28-29H,6,8,10-16H2,1-5H3/t18-,20-,21+,22-,23+,24+,25-,26-,27+/m1/s1. The minimum atomic E-state index is -0.380. The van der Waals surface area contributed by atoms with Gasteiger partial charge < -0.3 is 10.2 Å². The van der Waals surface area contributed by atoms with E-state index in [1.807, 2.05) is 0 Å². The van der Waals surface area contributed by atoms with E-state index >= 15 is 0 Å². The Bertz CT molecular complexity index is 674. The number of fused-ring (bicyclic) bond motifs is 5. The molecule has 0 aromatic carbocycles. The fourth-order valence-electron chi connectivity index (χ4n) is 8.51. The van der Waals surface area contributed by atoms with Crippen molar-refractivity contribution in [3.8, 4) is 0 Å². The van der Waals surface area contributed by atoms with Crippen LogP contribution in [0, 0.1) is 40.4 Å². The summed E-state index contributed by atoms with van der Waals surface area (Å²) >= 11 is 0. The van der Waals surface area contributed by atoms with Gasteiger partial charge in [0.2, 0.25) is 0 Å². The lowest BCUT2D eigenvalue weighted by molar-refractivity contribution is -0.108. The molecule has 0 amide bonds. The van der Waals surface area contributed by atoms with Crippen LogP contribution in [0.4, 0.5) is 0 Å². The number of aliphatic hydroxyl groups is 2. The highest BCUT2D eigenvalue weighted by Crippen LogP contribution is 2.67. The third-order valence-electron chi connectivity index (χ3n) is 10.1. The largest absolute Gasteiger partial charge is 0.393 e. The molecule has 0 unspecified atom stereocenters. The summed E-state index contributed by atoms with van der Waals surface area (Å²) in [5, 5.41) is 21.3. The highest BCUT2D eigenvalue weighted by Gasteiger charge is 2.60. The number of hydrogen-bond donors (Lipinski definition) is 2. The molecule has 2 nitrogen and oxygen atoms in total. The first-order valence-corrected chi connectivity index (χ1v) is 12.4. The third-order valence-corrected chi connectivity index (χ3v) is 10.1. The van der Waals surface area contributed by atoms with E-state index in [1.165, 1.54) is 56.1 Å². The molecule has 164 valence electrons. The van der Waals surface area contributed by atoms with Crippen molar-refractivity contribution in [1.29, 1.82) is 0 Å². The van der Waals surface area contributed by atoms with Gasteiger partial charge in [-0.3, -0.25) is 0 Å². The van der Waals surface area contributed by atoms with E-state index in [4.69, 9.17) is 0 Å². The molecule has 0 spiro atoms. The molecule has 0 radical (unpaired) electrons. The van der Waals surface area contributed by atoms with E-state index in [1.54, 1.807) is 0 Å². The van der Waals surface area contributed by atoms with Gasteiger partial charge in [0.1, 0.15) is 0 Å². The molecule has 3 fully saturated rings. The first-order chi connectivity index (χ1) is 13.7. The summed E-state index contributed by atoms with van der Waals surface area (Å²) in [4.78, 5) is 0. The Hall–Kier alpha value is -0.600. The zero-order valence-electron chi connectivity index (χ0n) is 19.5. The summed E-state index contributed by atoms with van der Waals surface area (Å²) in [7, 11) is 0. The molecule has 3 saturated carbocycles. The van der Waals surface area contributed by atoms with Crippen LogP contribution >= 0.6 is 0 Å². The Morgan fingerprint density at radius 1 is 1.17 bits per heavy atom. The maximum Gasteiger partial charge on any atom is 0.0658 e. The molecule has 0 saturated heterocycles. The van der Waals surface area contributed by atoms with Crippen LogP contribution in [-0.4, -0.2) is 22.4 Å². The van der Waals surface area contributed by atoms with Crippen LogP contribution in [0.25, 0.3) is 0 Å². The van der Waals surface area contributed by atoms with E-state index in [9.17, 15) is 10.2 Å². The molecule has 4 aliphatic rings. The lowest BCUT2D eigenvalue weighted by Gasteiger charge is -2.59. The molecular weight excluding hydrogens is 356 g/mol. The predicted octanol–water partition coefficient (Wildman–Crippen LogP) is 6.28. The average molecular weight is 401 g/mol. The van der Waals surface area contributed by atoms with Gasteiger partial charge in [-0.25, -0.2) is 0 Å². The van der Waals surface area contributed by atoms with E-state index in [-0.39, 0.29) is 17.6 Å². The van der Waals surface area contributed by atoms with Gasteiger partial charge in [-0.15, -0.1) is 0 Å². The first kappa shape index (κ1) is 21.6. The third kappa shape index (κ3) is 3.47. The average Bonchev–Trinajstić information content (AvgIpc) is 3.00.